The molecule has 0 radical (unpaired) electrons. The fraction of sp³-hybridized carbons (Fsp3) is 0.462. The van der Waals surface area contributed by atoms with Gasteiger partial charge in [0, 0.05) is 12.1 Å². The lowest BCUT2D eigenvalue weighted by Gasteiger charge is -2.26. The zero-order chi connectivity index (χ0) is 16.5. The predicted octanol–water partition coefficient (Wildman–Crippen LogP) is 0.970. The summed E-state index contributed by atoms with van der Waals surface area (Å²) in [5, 5.41) is 12.8. The number of carbonyl (C=O) groups excluding carboxylic acids is 1. The number of likely N-dealkylation sites (N-methyl/N-ethyl adjacent to an activating group) is 1. The number of aliphatic hydroxyl groups excluding tert-OH is 1. The summed E-state index contributed by atoms with van der Waals surface area (Å²) >= 11 is 5.88. The van der Waals surface area contributed by atoms with Gasteiger partial charge in [0.2, 0.25) is 0 Å². The molecular formula is C13H17ClN2O5S. The van der Waals surface area contributed by atoms with Crippen LogP contribution in [0.1, 0.15) is 0 Å². The topological polar surface area (TPSA) is 95.9 Å². The first kappa shape index (κ1) is 16.9. The normalized spacial score (nSPS) is 23.1. The Hall–Kier alpha value is -1.51. The van der Waals surface area contributed by atoms with Gasteiger partial charge in [0.1, 0.15) is 5.75 Å². The molecule has 0 saturated carbocycles. The number of ether oxygens (including phenoxy) is 1. The van der Waals surface area contributed by atoms with Crippen LogP contribution in [-0.2, 0) is 9.84 Å². The van der Waals surface area contributed by atoms with Crippen molar-refractivity contribution in [3.63, 3.8) is 0 Å². The third kappa shape index (κ3) is 3.63. The van der Waals surface area contributed by atoms with Crippen LogP contribution in [0.5, 0.6) is 5.75 Å². The van der Waals surface area contributed by atoms with Crippen LogP contribution in [0.15, 0.2) is 18.2 Å². The molecule has 1 heterocycles. The van der Waals surface area contributed by atoms with Crippen LogP contribution >= 0.6 is 11.6 Å². The molecule has 2 amide bonds. The number of hydrogen-bond donors (Lipinski definition) is 2. The molecule has 1 fully saturated rings. The molecule has 0 bridgehead atoms. The van der Waals surface area contributed by atoms with Crippen LogP contribution in [0.4, 0.5) is 10.5 Å². The van der Waals surface area contributed by atoms with Crippen molar-refractivity contribution in [1.29, 1.82) is 0 Å². The van der Waals surface area contributed by atoms with Crippen molar-refractivity contribution >= 4 is 33.2 Å². The Morgan fingerprint density at radius 1 is 1.45 bits per heavy atom. The lowest BCUT2D eigenvalue weighted by molar-refractivity contribution is 0.115. The van der Waals surface area contributed by atoms with Crippen molar-refractivity contribution in [2.75, 3.05) is 31.0 Å². The molecular weight excluding hydrogens is 332 g/mol. The van der Waals surface area contributed by atoms with E-state index < -0.39 is 28.0 Å². The van der Waals surface area contributed by atoms with E-state index in [4.69, 9.17) is 16.3 Å². The van der Waals surface area contributed by atoms with Crippen LogP contribution in [0.3, 0.4) is 0 Å². The molecule has 0 aliphatic carbocycles. The number of urea groups is 1. The number of sulfone groups is 1. The van der Waals surface area contributed by atoms with Gasteiger partial charge in [-0.2, -0.15) is 0 Å². The van der Waals surface area contributed by atoms with Crippen molar-refractivity contribution in [1.82, 2.24) is 4.90 Å². The highest BCUT2D eigenvalue weighted by molar-refractivity contribution is 7.91. The SMILES string of the molecule is COc1ccc(Cl)cc1NC(=O)N(C)[C@@H]1CS(=O)(=O)C[C@H]1O. The maximum Gasteiger partial charge on any atom is 0.322 e. The van der Waals surface area contributed by atoms with Crippen molar-refractivity contribution in [3.05, 3.63) is 23.2 Å². The van der Waals surface area contributed by atoms with Gasteiger partial charge in [-0.25, -0.2) is 13.2 Å². The Bertz CT molecular complexity index is 679. The molecule has 9 heteroatoms. The van der Waals surface area contributed by atoms with Crippen LogP contribution in [0.2, 0.25) is 5.02 Å². The van der Waals surface area contributed by atoms with Gasteiger partial charge in [0.05, 0.1) is 36.4 Å². The molecule has 2 atom stereocenters. The Balaban J connectivity index is 2.14. The predicted molar refractivity (Wildman–Crippen MR) is 83.2 cm³/mol. The van der Waals surface area contributed by atoms with E-state index >= 15 is 0 Å². The lowest BCUT2D eigenvalue weighted by Crippen LogP contribution is -2.46. The first-order chi connectivity index (χ1) is 10.2. The first-order valence-corrected chi connectivity index (χ1v) is 8.69. The van der Waals surface area contributed by atoms with E-state index in [9.17, 15) is 18.3 Å². The average Bonchev–Trinajstić information content (AvgIpc) is 2.71. The molecule has 2 rings (SSSR count). The zero-order valence-corrected chi connectivity index (χ0v) is 13.7. The minimum Gasteiger partial charge on any atom is -0.495 e. The van der Waals surface area contributed by atoms with E-state index in [0.29, 0.717) is 16.5 Å². The molecule has 122 valence electrons. The number of halogens is 1. The maximum atomic E-state index is 12.2. The third-order valence-corrected chi connectivity index (χ3v) is 5.45. The minimum absolute atomic E-state index is 0.259. The van der Waals surface area contributed by atoms with E-state index in [1.807, 2.05) is 0 Å². The van der Waals surface area contributed by atoms with Gasteiger partial charge < -0.3 is 20.1 Å². The van der Waals surface area contributed by atoms with Gasteiger partial charge in [-0.1, -0.05) is 11.6 Å². The van der Waals surface area contributed by atoms with Crippen LogP contribution in [-0.4, -0.2) is 62.3 Å². The second-order valence-electron chi connectivity index (χ2n) is 5.10. The standard InChI is InChI=1S/C13H17ClN2O5S/c1-16(10-6-22(19,20)7-11(10)17)13(18)15-9-5-8(14)3-4-12(9)21-2/h3-5,10-11,17H,6-7H2,1-2H3,(H,15,18)/t10-,11-/m1/s1. The Morgan fingerprint density at radius 2 is 2.14 bits per heavy atom. The number of anilines is 1. The first-order valence-electron chi connectivity index (χ1n) is 6.49. The summed E-state index contributed by atoms with van der Waals surface area (Å²) in [4.78, 5) is 13.4. The van der Waals surface area contributed by atoms with Crippen molar-refractivity contribution in [2.45, 2.75) is 12.1 Å². The number of amides is 2. The summed E-state index contributed by atoms with van der Waals surface area (Å²) in [6.45, 7) is 0. The average molecular weight is 349 g/mol. The van der Waals surface area contributed by atoms with Gasteiger partial charge in [-0.3, -0.25) is 0 Å². The van der Waals surface area contributed by atoms with E-state index in [1.165, 1.54) is 25.1 Å². The molecule has 1 aromatic carbocycles. The van der Waals surface area contributed by atoms with Crippen LogP contribution < -0.4 is 10.1 Å². The quantitative estimate of drug-likeness (QED) is 0.848. The smallest absolute Gasteiger partial charge is 0.322 e. The van der Waals surface area contributed by atoms with Crippen LogP contribution in [0, 0.1) is 0 Å². The number of methoxy groups -OCH3 is 1. The summed E-state index contributed by atoms with van der Waals surface area (Å²) < 4.78 is 28.2. The van der Waals surface area contributed by atoms with Gasteiger partial charge >= 0.3 is 6.03 Å². The Kier molecular flexibility index (Phi) is 4.84. The van der Waals surface area contributed by atoms with E-state index in [1.54, 1.807) is 12.1 Å². The lowest BCUT2D eigenvalue weighted by atomic mass is 10.2. The van der Waals surface area contributed by atoms with Gasteiger partial charge in [-0.15, -0.1) is 0 Å². The second kappa shape index (κ2) is 6.31. The van der Waals surface area contributed by atoms with E-state index in [0.717, 1.165) is 0 Å². The van der Waals surface area contributed by atoms with E-state index in [2.05, 4.69) is 5.32 Å². The summed E-state index contributed by atoms with van der Waals surface area (Å²) in [5.41, 5.74) is 0.363. The minimum atomic E-state index is -3.33. The number of benzene rings is 1. The van der Waals surface area contributed by atoms with Crippen LogP contribution in [0.25, 0.3) is 0 Å². The third-order valence-electron chi connectivity index (χ3n) is 3.51. The highest BCUT2D eigenvalue weighted by Gasteiger charge is 2.40. The summed E-state index contributed by atoms with van der Waals surface area (Å²) in [5.74, 6) is -0.175. The molecule has 0 spiro atoms. The number of aliphatic hydroxyl groups is 1. The van der Waals surface area contributed by atoms with Crippen molar-refractivity contribution in [2.24, 2.45) is 0 Å². The van der Waals surface area contributed by atoms with Crippen molar-refractivity contribution in [3.8, 4) is 5.75 Å². The molecule has 0 unspecified atom stereocenters. The zero-order valence-electron chi connectivity index (χ0n) is 12.1. The molecule has 1 aliphatic rings. The summed E-state index contributed by atoms with van der Waals surface area (Å²) in [6, 6.07) is 3.41. The highest BCUT2D eigenvalue weighted by atomic mass is 35.5. The monoisotopic (exact) mass is 348 g/mol. The summed E-state index contributed by atoms with van der Waals surface area (Å²) in [7, 11) is -0.447. The molecule has 22 heavy (non-hydrogen) atoms. The van der Waals surface area contributed by atoms with Crippen molar-refractivity contribution < 1.29 is 23.1 Å². The number of hydrogen-bond acceptors (Lipinski definition) is 5. The Morgan fingerprint density at radius 3 is 2.68 bits per heavy atom. The van der Waals surface area contributed by atoms with E-state index in [-0.39, 0.29) is 11.5 Å². The molecule has 2 N–H and O–H groups in total. The maximum absolute atomic E-state index is 12.2. The largest absolute Gasteiger partial charge is 0.495 e. The number of nitrogens with one attached hydrogen (secondary N) is 1. The van der Waals surface area contributed by atoms with Gasteiger partial charge in [0.15, 0.2) is 9.84 Å². The summed E-state index contributed by atoms with van der Waals surface area (Å²) in [6.07, 6.45) is -1.10. The second-order valence-corrected chi connectivity index (χ2v) is 7.69. The molecule has 0 aromatic heterocycles. The molecule has 1 aromatic rings. The van der Waals surface area contributed by atoms with Gasteiger partial charge in [-0.05, 0) is 18.2 Å². The fourth-order valence-electron chi connectivity index (χ4n) is 2.31. The molecule has 1 saturated heterocycles. The Labute approximate surface area is 133 Å². The van der Waals surface area contributed by atoms with Gasteiger partial charge in [0.25, 0.3) is 0 Å². The fourth-order valence-corrected chi connectivity index (χ4v) is 4.33. The number of nitrogens with zero attached hydrogens (tertiary/aromatic N) is 1. The highest BCUT2D eigenvalue weighted by Crippen LogP contribution is 2.28. The number of carbonyl (C=O) groups is 1. The number of rotatable bonds is 3. The molecule has 1 aliphatic heterocycles. The molecule has 7 nitrogen and oxygen atoms in total.